The lowest BCUT2D eigenvalue weighted by Crippen LogP contribution is -2.32. The molecule has 0 aliphatic carbocycles. The summed E-state index contributed by atoms with van der Waals surface area (Å²) in [5.74, 6) is -0.275. The van der Waals surface area contributed by atoms with Crippen molar-refractivity contribution in [3.63, 3.8) is 0 Å². The molecule has 0 spiro atoms. The van der Waals surface area contributed by atoms with Gasteiger partial charge >= 0.3 is 0 Å². The van der Waals surface area contributed by atoms with Gasteiger partial charge in [-0.3, -0.25) is 14.5 Å². The van der Waals surface area contributed by atoms with E-state index in [1.165, 1.54) is 4.90 Å². The van der Waals surface area contributed by atoms with Crippen LogP contribution in [-0.2, 0) is 16.1 Å². The fourth-order valence-corrected chi connectivity index (χ4v) is 1.99. The second kappa shape index (κ2) is 3.96. The Morgan fingerprint density at radius 2 is 1.82 bits per heavy atom. The lowest BCUT2D eigenvalue weighted by molar-refractivity contribution is -0.124. The van der Waals surface area contributed by atoms with Gasteiger partial charge in [0.05, 0.1) is 11.1 Å². The molecule has 90 valence electrons. The van der Waals surface area contributed by atoms with Crippen LogP contribution in [0.3, 0.4) is 0 Å². The minimum Gasteiger partial charge on any atom is -0.326 e. The highest BCUT2D eigenvalue weighted by Gasteiger charge is 2.45. The summed E-state index contributed by atoms with van der Waals surface area (Å²) in [4.78, 5) is 25.2. The SMILES string of the molecule is CC1(C)CC(=O)N(c2ccc(CN)cc2)C1=O. The van der Waals surface area contributed by atoms with Crippen molar-refractivity contribution in [1.82, 2.24) is 0 Å². The average molecular weight is 232 g/mol. The average Bonchev–Trinajstić information content (AvgIpc) is 2.49. The van der Waals surface area contributed by atoms with E-state index in [1.54, 1.807) is 26.0 Å². The number of imide groups is 1. The Kier molecular flexibility index (Phi) is 2.75. The first-order valence-corrected chi connectivity index (χ1v) is 5.62. The van der Waals surface area contributed by atoms with Gasteiger partial charge < -0.3 is 5.73 Å². The summed E-state index contributed by atoms with van der Waals surface area (Å²) in [7, 11) is 0. The highest BCUT2D eigenvalue weighted by molar-refractivity contribution is 6.22. The molecule has 0 unspecified atom stereocenters. The van der Waals surface area contributed by atoms with E-state index >= 15 is 0 Å². The Hall–Kier alpha value is -1.68. The Morgan fingerprint density at radius 3 is 2.24 bits per heavy atom. The first kappa shape index (κ1) is 11.8. The molecule has 0 radical (unpaired) electrons. The molecular weight excluding hydrogens is 216 g/mol. The van der Waals surface area contributed by atoms with Crippen LogP contribution in [0.5, 0.6) is 0 Å². The van der Waals surface area contributed by atoms with Gasteiger partial charge in [0.2, 0.25) is 11.8 Å². The molecule has 2 amide bonds. The van der Waals surface area contributed by atoms with E-state index in [2.05, 4.69) is 0 Å². The number of nitrogens with zero attached hydrogens (tertiary/aromatic N) is 1. The number of anilines is 1. The normalized spacial score (nSPS) is 18.9. The third-order valence-electron chi connectivity index (χ3n) is 3.05. The first-order valence-electron chi connectivity index (χ1n) is 5.62. The van der Waals surface area contributed by atoms with Gasteiger partial charge in [-0.1, -0.05) is 26.0 Å². The standard InChI is InChI=1S/C13H16N2O2/c1-13(2)7-11(16)15(12(13)17)10-5-3-9(8-14)4-6-10/h3-6H,7-8,14H2,1-2H3. The number of rotatable bonds is 2. The molecule has 0 atom stereocenters. The summed E-state index contributed by atoms with van der Waals surface area (Å²) in [5, 5.41) is 0. The molecule has 17 heavy (non-hydrogen) atoms. The smallest absolute Gasteiger partial charge is 0.239 e. The van der Waals surface area contributed by atoms with E-state index in [1.807, 2.05) is 12.1 Å². The fourth-order valence-electron chi connectivity index (χ4n) is 1.99. The number of carbonyl (C=O) groups excluding carboxylic acids is 2. The predicted molar refractivity (Wildman–Crippen MR) is 65.2 cm³/mol. The Labute approximate surface area is 100 Å². The summed E-state index contributed by atoms with van der Waals surface area (Å²) in [6, 6.07) is 7.20. The van der Waals surface area contributed by atoms with Crippen LogP contribution in [0, 0.1) is 5.41 Å². The van der Waals surface area contributed by atoms with Crippen molar-refractivity contribution in [2.45, 2.75) is 26.8 Å². The zero-order chi connectivity index (χ0) is 12.6. The third kappa shape index (κ3) is 1.96. The Morgan fingerprint density at radius 1 is 1.24 bits per heavy atom. The van der Waals surface area contributed by atoms with Gasteiger partial charge in [0.25, 0.3) is 0 Å². The van der Waals surface area contributed by atoms with Crippen molar-refractivity contribution in [2.75, 3.05) is 4.90 Å². The molecule has 0 saturated carbocycles. The maximum absolute atomic E-state index is 12.1. The Balaban J connectivity index is 2.34. The monoisotopic (exact) mass is 232 g/mol. The van der Waals surface area contributed by atoms with E-state index in [-0.39, 0.29) is 18.2 Å². The van der Waals surface area contributed by atoms with Gasteiger partial charge in [0.1, 0.15) is 0 Å². The molecule has 0 bridgehead atoms. The second-order valence-corrected chi connectivity index (χ2v) is 4.97. The summed E-state index contributed by atoms with van der Waals surface area (Å²) >= 11 is 0. The van der Waals surface area contributed by atoms with Crippen molar-refractivity contribution >= 4 is 17.5 Å². The lowest BCUT2D eigenvalue weighted by Gasteiger charge is -2.17. The predicted octanol–water partition coefficient (Wildman–Crippen LogP) is 1.43. The van der Waals surface area contributed by atoms with Gasteiger partial charge in [-0.25, -0.2) is 0 Å². The van der Waals surface area contributed by atoms with Crippen LogP contribution in [0.2, 0.25) is 0 Å². The van der Waals surface area contributed by atoms with Crippen LogP contribution in [0.15, 0.2) is 24.3 Å². The quantitative estimate of drug-likeness (QED) is 0.785. The van der Waals surface area contributed by atoms with Crippen LogP contribution >= 0.6 is 0 Å². The fraction of sp³-hybridized carbons (Fsp3) is 0.385. The van der Waals surface area contributed by atoms with Crippen LogP contribution in [0.1, 0.15) is 25.8 Å². The third-order valence-corrected chi connectivity index (χ3v) is 3.05. The van der Waals surface area contributed by atoms with E-state index in [4.69, 9.17) is 5.73 Å². The molecule has 2 N–H and O–H groups in total. The number of benzene rings is 1. The molecule has 1 aliphatic heterocycles. The molecule has 1 saturated heterocycles. The molecule has 4 nitrogen and oxygen atoms in total. The molecule has 1 aromatic carbocycles. The van der Waals surface area contributed by atoms with Crippen LogP contribution in [0.4, 0.5) is 5.69 Å². The molecular formula is C13H16N2O2. The zero-order valence-corrected chi connectivity index (χ0v) is 10.1. The van der Waals surface area contributed by atoms with Crippen LogP contribution in [-0.4, -0.2) is 11.8 Å². The molecule has 1 aromatic rings. The molecule has 4 heteroatoms. The second-order valence-electron chi connectivity index (χ2n) is 4.97. The number of hydrogen-bond acceptors (Lipinski definition) is 3. The summed E-state index contributed by atoms with van der Waals surface area (Å²) < 4.78 is 0. The van der Waals surface area contributed by atoms with Crippen molar-refractivity contribution < 1.29 is 9.59 Å². The van der Waals surface area contributed by atoms with Crippen molar-refractivity contribution in [1.29, 1.82) is 0 Å². The minimum absolute atomic E-state index is 0.136. The van der Waals surface area contributed by atoms with Crippen molar-refractivity contribution in [2.24, 2.45) is 11.1 Å². The minimum atomic E-state index is -0.594. The Bertz CT molecular complexity index is 463. The number of hydrogen-bond donors (Lipinski definition) is 1. The molecule has 2 rings (SSSR count). The van der Waals surface area contributed by atoms with E-state index < -0.39 is 5.41 Å². The number of nitrogens with two attached hydrogens (primary N) is 1. The first-order chi connectivity index (χ1) is 7.95. The van der Waals surface area contributed by atoms with Crippen LogP contribution in [0.25, 0.3) is 0 Å². The van der Waals surface area contributed by atoms with E-state index in [0.717, 1.165) is 5.56 Å². The largest absolute Gasteiger partial charge is 0.326 e. The lowest BCUT2D eigenvalue weighted by atomic mass is 9.92. The highest BCUT2D eigenvalue weighted by Crippen LogP contribution is 2.34. The maximum atomic E-state index is 12.1. The summed E-state index contributed by atoms with van der Waals surface area (Å²) in [5.41, 5.74) is 6.52. The molecule has 1 fully saturated rings. The van der Waals surface area contributed by atoms with Crippen molar-refractivity contribution in [3.05, 3.63) is 29.8 Å². The molecule has 1 heterocycles. The van der Waals surface area contributed by atoms with Gasteiger partial charge in [-0.15, -0.1) is 0 Å². The summed E-state index contributed by atoms with van der Waals surface area (Å²) in [6.45, 7) is 4.04. The van der Waals surface area contributed by atoms with Gasteiger partial charge in [0.15, 0.2) is 0 Å². The zero-order valence-electron chi connectivity index (χ0n) is 10.1. The number of amides is 2. The summed E-state index contributed by atoms with van der Waals surface area (Å²) in [6.07, 6.45) is 0.268. The van der Waals surface area contributed by atoms with Gasteiger partial charge in [-0.2, -0.15) is 0 Å². The molecule has 0 aromatic heterocycles. The van der Waals surface area contributed by atoms with Gasteiger partial charge in [0, 0.05) is 13.0 Å². The topological polar surface area (TPSA) is 63.4 Å². The van der Waals surface area contributed by atoms with E-state index in [9.17, 15) is 9.59 Å². The number of carbonyl (C=O) groups is 2. The van der Waals surface area contributed by atoms with E-state index in [0.29, 0.717) is 12.2 Å². The van der Waals surface area contributed by atoms with Gasteiger partial charge in [-0.05, 0) is 17.7 Å². The molecule has 1 aliphatic rings. The van der Waals surface area contributed by atoms with Crippen LogP contribution < -0.4 is 10.6 Å². The highest BCUT2D eigenvalue weighted by atomic mass is 16.2. The van der Waals surface area contributed by atoms with Crippen molar-refractivity contribution in [3.8, 4) is 0 Å². The maximum Gasteiger partial charge on any atom is 0.239 e.